The molecule has 1 aliphatic carbocycles. The smallest absolute Gasteiger partial charge is 0.0855 e. The standard InChI is InChI=1S/C16H22O/c1-2-15(13-9-5-3-6-10-13)16(17)14-11-7-4-8-12-14/h2,4,7-8,11-13,15-17H,1,3,5-6,9-10H2/t15-,16-/m1/s1. The Kier molecular flexibility index (Phi) is 4.38. The number of aliphatic hydroxyl groups excluding tert-OH is 1. The van der Waals surface area contributed by atoms with Crippen molar-refractivity contribution in [3.8, 4) is 0 Å². The first-order valence-corrected chi connectivity index (χ1v) is 6.68. The van der Waals surface area contributed by atoms with Crippen LogP contribution in [0.5, 0.6) is 0 Å². The first-order valence-electron chi connectivity index (χ1n) is 6.68. The maximum Gasteiger partial charge on any atom is 0.0855 e. The topological polar surface area (TPSA) is 20.2 Å². The van der Waals surface area contributed by atoms with E-state index < -0.39 is 6.10 Å². The molecule has 0 heterocycles. The van der Waals surface area contributed by atoms with E-state index in [2.05, 4.69) is 6.58 Å². The van der Waals surface area contributed by atoms with Crippen molar-refractivity contribution < 1.29 is 5.11 Å². The van der Waals surface area contributed by atoms with Crippen LogP contribution in [0.3, 0.4) is 0 Å². The average molecular weight is 230 g/mol. The van der Waals surface area contributed by atoms with E-state index in [0.29, 0.717) is 5.92 Å². The molecule has 1 saturated carbocycles. The lowest BCUT2D eigenvalue weighted by molar-refractivity contribution is 0.0850. The van der Waals surface area contributed by atoms with Gasteiger partial charge in [0.05, 0.1) is 6.10 Å². The molecule has 1 N–H and O–H groups in total. The van der Waals surface area contributed by atoms with E-state index >= 15 is 0 Å². The molecule has 0 aromatic heterocycles. The van der Waals surface area contributed by atoms with E-state index in [9.17, 15) is 5.11 Å². The summed E-state index contributed by atoms with van der Waals surface area (Å²) in [4.78, 5) is 0. The summed E-state index contributed by atoms with van der Waals surface area (Å²) in [5, 5.41) is 10.5. The van der Waals surface area contributed by atoms with Crippen LogP contribution < -0.4 is 0 Å². The minimum absolute atomic E-state index is 0.206. The maximum absolute atomic E-state index is 10.5. The van der Waals surface area contributed by atoms with E-state index in [1.165, 1.54) is 32.1 Å². The molecule has 1 aromatic rings. The zero-order valence-corrected chi connectivity index (χ0v) is 10.4. The summed E-state index contributed by atoms with van der Waals surface area (Å²) < 4.78 is 0. The Morgan fingerprint density at radius 3 is 2.35 bits per heavy atom. The molecular weight excluding hydrogens is 208 g/mol. The second-order valence-corrected chi connectivity index (χ2v) is 5.07. The van der Waals surface area contributed by atoms with E-state index in [1.54, 1.807) is 0 Å². The Hall–Kier alpha value is -1.08. The summed E-state index contributed by atoms with van der Waals surface area (Å²) in [5.41, 5.74) is 1.02. The molecule has 0 bridgehead atoms. The van der Waals surface area contributed by atoms with Crippen molar-refractivity contribution in [2.24, 2.45) is 11.8 Å². The molecule has 17 heavy (non-hydrogen) atoms. The Labute approximate surface area is 104 Å². The molecule has 0 aliphatic heterocycles. The number of hydrogen-bond acceptors (Lipinski definition) is 1. The largest absolute Gasteiger partial charge is 0.388 e. The Bertz CT molecular complexity index is 338. The quantitative estimate of drug-likeness (QED) is 0.772. The highest BCUT2D eigenvalue weighted by Gasteiger charge is 2.27. The molecule has 1 fully saturated rings. The molecule has 0 amide bonds. The molecule has 2 atom stereocenters. The molecule has 0 unspecified atom stereocenters. The van der Waals surface area contributed by atoms with Crippen molar-refractivity contribution >= 4 is 0 Å². The Morgan fingerprint density at radius 2 is 1.76 bits per heavy atom. The predicted molar refractivity (Wildman–Crippen MR) is 71.7 cm³/mol. The van der Waals surface area contributed by atoms with Crippen LogP contribution in [0.4, 0.5) is 0 Å². The van der Waals surface area contributed by atoms with Crippen molar-refractivity contribution in [3.05, 3.63) is 48.6 Å². The Morgan fingerprint density at radius 1 is 1.12 bits per heavy atom. The van der Waals surface area contributed by atoms with Crippen molar-refractivity contribution in [2.45, 2.75) is 38.2 Å². The third-order valence-electron chi connectivity index (χ3n) is 3.97. The predicted octanol–water partition coefficient (Wildman–Crippen LogP) is 4.10. The molecule has 1 nitrogen and oxygen atoms in total. The van der Waals surface area contributed by atoms with Gasteiger partial charge in [0.25, 0.3) is 0 Å². The lowest BCUT2D eigenvalue weighted by atomic mass is 9.76. The highest BCUT2D eigenvalue weighted by molar-refractivity contribution is 5.19. The van der Waals surface area contributed by atoms with Crippen LogP contribution in [0.1, 0.15) is 43.8 Å². The number of benzene rings is 1. The van der Waals surface area contributed by atoms with Gasteiger partial charge in [-0.15, -0.1) is 6.58 Å². The van der Waals surface area contributed by atoms with Gasteiger partial charge in [-0.2, -0.15) is 0 Å². The van der Waals surface area contributed by atoms with Crippen LogP contribution in [0, 0.1) is 11.8 Å². The summed E-state index contributed by atoms with van der Waals surface area (Å²) in [7, 11) is 0. The molecule has 0 radical (unpaired) electrons. The van der Waals surface area contributed by atoms with Gasteiger partial charge in [-0.3, -0.25) is 0 Å². The minimum atomic E-state index is -0.392. The molecular formula is C16H22O. The van der Waals surface area contributed by atoms with E-state index in [4.69, 9.17) is 0 Å². The molecule has 1 aliphatic rings. The van der Waals surface area contributed by atoms with Crippen molar-refractivity contribution in [3.63, 3.8) is 0 Å². The number of rotatable bonds is 4. The number of aliphatic hydroxyl groups is 1. The van der Waals surface area contributed by atoms with Gasteiger partial charge in [0.2, 0.25) is 0 Å². The fourth-order valence-corrected chi connectivity index (χ4v) is 2.97. The fraction of sp³-hybridized carbons (Fsp3) is 0.500. The van der Waals surface area contributed by atoms with Crippen molar-refractivity contribution in [1.82, 2.24) is 0 Å². The van der Waals surface area contributed by atoms with Crippen LogP contribution in [-0.2, 0) is 0 Å². The Balaban J connectivity index is 2.09. The molecule has 0 spiro atoms. The molecule has 2 rings (SSSR count). The second-order valence-electron chi connectivity index (χ2n) is 5.07. The van der Waals surface area contributed by atoms with Crippen LogP contribution >= 0.6 is 0 Å². The monoisotopic (exact) mass is 230 g/mol. The summed E-state index contributed by atoms with van der Waals surface area (Å²) in [6.07, 6.45) is 7.99. The highest BCUT2D eigenvalue weighted by Crippen LogP contribution is 2.37. The van der Waals surface area contributed by atoms with Gasteiger partial charge in [0.15, 0.2) is 0 Å². The van der Waals surface area contributed by atoms with Gasteiger partial charge in [-0.25, -0.2) is 0 Å². The summed E-state index contributed by atoms with van der Waals surface area (Å²) in [5.74, 6) is 0.814. The molecule has 1 heteroatoms. The van der Waals surface area contributed by atoms with Gasteiger partial charge < -0.3 is 5.11 Å². The van der Waals surface area contributed by atoms with Crippen molar-refractivity contribution in [1.29, 1.82) is 0 Å². The van der Waals surface area contributed by atoms with E-state index in [0.717, 1.165) is 5.56 Å². The van der Waals surface area contributed by atoms with E-state index in [1.807, 2.05) is 36.4 Å². The van der Waals surface area contributed by atoms with Gasteiger partial charge in [0, 0.05) is 5.92 Å². The molecule has 0 saturated heterocycles. The zero-order chi connectivity index (χ0) is 12.1. The first kappa shape index (κ1) is 12.4. The number of hydrogen-bond donors (Lipinski definition) is 1. The second kappa shape index (κ2) is 6.02. The minimum Gasteiger partial charge on any atom is -0.388 e. The lowest BCUT2D eigenvalue weighted by Crippen LogP contribution is -2.22. The van der Waals surface area contributed by atoms with E-state index in [-0.39, 0.29) is 5.92 Å². The fourth-order valence-electron chi connectivity index (χ4n) is 2.97. The van der Waals surface area contributed by atoms with Gasteiger partial charge in [-0.1, -0.05) is 55.7 Å². The molecule has 92 valence electrons. The lowest BCUT2D eigenvalue weighted by Gasteiger charge is -2.31. The SMILES string of the molecule is C=C[C@H](C1CCCCC1)[C@H](O)c1ccccc1. The normalized spacial score (nSPS) is 20.8. The summed E-state index contributed by atoms with van der Waals surface area (Å²) in [6, 6.07) is 9.97. The van der Waals surface area contributed by atoms with Gasteiger partial charge in [0.1, 0.15) is 0 Å². The maximum atomic E-state index is 10.5. The van der Waals surface area contributed by atoms with Gasteiger partial charge >= 0.3 is 0 Å². The summed E-state index contributed by atoms with van der Waals surface area (Å²) in [6.45, 7) is 3.92. The summed E-state index contributed by atoms with van der Waals surface area (Å²) >= 11 is 0. The zero-order valence-electron chi connectivity index (χ0n) is 10.4. The average Bonchev–Trinajstić information content (AvgIpc) is 2.42. The van der Waals surface area contributed by atoms with Crippen LogP contribution in [-0.4, -0.2) is 5.11 Å². The highest BCUT2D eigenvalue weighted by atomic mass is 16.3. The third-order valence-corrected chi connectivity index (χ3v) is 3.97. The van der Waals surface area contributed by atoms with Crippen LogP contribution in [0.25, 0.3) is 0 Å². The third kappa shape index (κ3) is 2.98. The van der Waals surface area contributed by atoms with Crippen LogP contribution in [0.2, 0.25) is 0 Å². The van der Waals surface area contributed by atoms with Crippen LogP contribution in [0.15, 0.2) is 43.0 Å². The van der Waals surface area contributed by atoms with Crippen molar-refractivity contribution in [2.75, 3.05) is 0 Å². The van der Waals surface area contributed by atoms with Gasteiger partial charge in [-0.05, 0) is 24.3 Å². The molecule has 1 aromatic carbocycles. The first-order chi connectivity index (χ1) is 8.33.